The van der Waals surface area contributed by atoms with Gasteiger partial charge in [0, 0.05) is 13.7 Å². The van der Waals surface area contributed by atoms with Crippen LogP contribution in [0.5, 0.6) is 0 Å². The molecule has 0 aromatic heterocycles. The van der Waals surface area contributed by atoms with Crippen molar-refractivity contribution < 1.29 is 22.7 Å². The Morgan fingerprint density at radius 3 is 2.67 bits per heavy atom. The van der Waals surface area contributed by atoms with Gasteiger partial charge in [-0.15, -0.1) is 0 Å². The highest BCUT2D eigenvalue weighted by Crippen LogP contribution is 2.21. The fourth-order valence-electron chi connectivity index (χ4n) is 2.98. The molecular formula is C16H24N2O5S. The number of rotatable bonds is 7. The summed E-state index contributed by atoms with van der Waals surface area (Å²) in [6.07, 6.45) is 1.83. The van der Waals surface area contributed by atoms with Gasteiger partial charge in [-0.2, -0.15) is 0 Å². The topological polar surface area (TPSA) is 93.7 Å². The third-order valence-corrected chi connectivity index (χ3v) is 5.80. The molecule has 1 heterocycles. The number of nitrogens with one attached hydrogen (secondary N) is 2. The molecule has 1 aromatic carbocycles. The lowest BCUT2D eigenvalue weighted by Crippen LogP contribution is -2.52. The zero-order chi connectivity index (χ0) is 17.8. The lowest BCUT2D eigenvalue weighted by atomic mass is 9.99. The van der Waals surface area contributed by atoms with Crippen LogP contribution in [0, 0.1) is 6.92 Å². The van der Waals surface area contributed by atoms with E-state index in [-0.39, 0.29) is 17.0 Å². The average molecular weight is 356 g/mol. The van der Waals surface area contributed by atoms with Crippen molar-refractivity contribution in [2.24, 2.45) is 0 Å². The standard InChI is InChI=1S/C16H24N2O5S/c1-12-9-13(15(19)23-3)5-6-14(12)24(20,21)18-10-16(11-22-2)7-4-8-17-16/h5-6,9,17-18H,4,7-8,10-11H2,1-3H3. The first-order valence-electron chi connectivity index (χ1n) is 7.76. The Labute approximate surface area is 142 Å². The van der Waals surface area contributed by atoms with E-state index in [2.05, 4.69) is 14.8 Å². The fraction of sp³-hybridized carbons (Fsp3) is 0.562. The lowest BCUT2D eigenvalue weighted by Gasteiger charge is -2.29. The van der Waals surface area contributed by atoms with E-state index in [1.165, 1.54) is 25.3 Å². The van der Waals surface area contributed by atoms with Gasteiger partial charge in [0.2, 0.25) is 10.0 Å². The summed E-state index contributed by atoms with van der Waals surface area (Å²) in [6.45, 7) is 3.19. The Morgan fingerprint density at radius 2 is 2.12 bits per heavy atom. The smallest absolute Gasteiger partial charge is 0.337 e. The Kier molecular flexibility index (Phi) is 5.97. The molecule has 2 N–H and O–H groups in total. The molecule has 1 atom stereocenters. The van der Waals surface area contributed by atoms with Crippen LogP contribution >= 0.6 is 0 Å². The molecule has 0 aliphatic carbocycles. The van der Waals surface area contributed by atoms with E-state index < -0.39 is 16.0 Å². The van der Waals surface area contributed by atoms with E-state index in [0.717, 1.165) is 19.4 Å². The number of aryl methyl sites for hydroxylation is 1. The molecule has 7 nitrogen and oxygen atoms in total. The maximum atomic E-state index is 12.6. The van der Waals surface area contributed by atoms with Crippen LogP contribution in [0.25, 0.3) is 0 Å². The Bertz CT molecular complexity index is 696. The summed E-state index contributed by atoms with van der Waals surface area (Å²) in [7, 11) is -0.793. The monoisotopic (exact) mass is 356 g/mol. The zero-order valence-corrected chi connectivity index (χ0v) is 15.0. The second kappa shape index (κ2) is 7.60. The summed E-state index contributed by atoms with van der Waals surface area (Å²) in [5.41, 5.74) is 0.439. The molecule has 2 rings (SSSR count). The largest absolute Gasteiger partial charge is 0.465 e. The molecule has 0 radical (unpaired) electrons. The molecule has 0 amide bonds. The van der Waals surface area contributed by atoms with Crippen LogP contribution in [0.15, 0.2) is 23.1 Å². The minimum Gasteiger partial charge on any atom is -0.465 e. The fourth-order valence-corrected chi connectivity index (χ4v) is 4.33. The number of hydrogen-bond acceptors (Lipinski definition) is 6. The molecule has 0 saturated carbocycles. The van der Waals surface area contributed by atoms with E-state index in [1.54, 1.807) is 14.0 Å². The molecular weight excluding hydrogens is 332 g/mol. The summed E-state index contributed by atoms with van der Waals surface area (Å²) in [4.78, 5) is 11.7. The number of hydrogen-bond donors (Lipinski definition) is 2. The maximum Gasteiger partial charge on any atom is 0.337 e. The van der Waals surface area contributed by atoms with E-state index in [1.807, 2.05) is 0 Å². The number of esters is 1. The molecule has 134 valence electrons. The average Bonchev–Trinajstić information content (AvgIpc) is 3.01. The highest BCUT2D eigenvalue weighted by Gasteiger charge is 2.35. The van der Waals surface area contributed by atoms with E-state index in [4.69, 9.17) is 4.74 Å². The van der Waals surface area contributed by atoms with E-state index in [9.17, 15) is 13.2 Å². The molecule has 1 aromatic rings. The molecule has 0 spiro atoms. The Balaban J connectivity index is 2.17. The summed E-state index contributed by atoms with van der Waals surface area (Å²) in [6, 6.07) is 4.39. The van der Waals surface area contributed by atoms with Crippen LogP contribution in [0.2, 0.25) is 0 Å². The lowest BCUT2D eigenvalue weighted by molar-refractivity contribution is 0.0600. The molecule has 0 bridgehead atoms. The summed E-state index contributed by atoms with van der Waals surface area (Å²) in [5, 5.41) is 3.33. The molecule has 1 unspecified atom stereocenters. The highest BCUT2D eigenvalue weighted by molar-refractivity contribution is 7.89. The van der Waals surface area contributed by atoms with Crippen LogP contribution in [0.3, 0.4) is 0 Å². The maximum absolute atomic E-state index is 12.6. The summed E-state index contributed by atoms with van der Waals surface area (Å²) >= 11 is 0. The number of carbonyl (C=O) groups is 1. The van der Waals surface area contributed by atoms with Crippen molar-refractivity contribution in [1.82, 2.24) is 10.0 Å². The third kappa shape index (κ3) is 4.13. The number of carbonyl (C=O) groups excluding carboxylic acids is 1. The number of methoxy groups -OCH3 is 2. The normalized spacial score (nSPS) is 21.0. The van der Waals surface area contributed by atoms with Gasteiger partial charge in [0.1, 0.15) is 0 Å². The Hall–Kier alpha value is -1.48. The van der Waals surface area contributed by atoms with Gasteiger partial charge in [-0.05, 0) is 50.1 Å². The van der Waals surface area contributed by atoms with Crippen molar-refractivity contribution >= 4 is 16.0 Å². The van der Waals surface area contributed by atoms with Crippen molar-refractivity contribution in [3.8, 4) is 0 Å². The SMILES string of the molecule is COCC1(CNS(=O)(=O)c2ccc(C(=O)OC)cc2C)CCCN1. The van der Waals surface area contributed by atoms with Gasteiger partial charge in [0.25, 0.3) is 0 Å². The zero-order valence-electron chi connectivity index (χ0n) is 14.2. The molecule has 1 aliphatic rings. The molecule has 1 aliphatic heterocycles. The van der Waals surface area contributed by atoms with E-state index in [0.29, 0.717) is 17.7 Å². The number of benzene rings is 1. The van der Waals surface area contributed by atoms with Gasteiger partial charge >= 0.3 is 5.97 Å². The van der Waals surface area contributed by atoms with Crippen molar-refractivity contribution in [2.75, 3.05) is 33.9 Å². The summed E-state index contributed by atoms with van der Waals surface area (Å²) < 4.78 is 37.8. The third-order valence-electron chi connectivity index (χ3n) is 4.24. The molecule has 8 heteroatoms. The number of sulfonamides is 1. The van der Waals surface area contributed by atoms with Gasteiger partial charge in [-0.3, -0.25) is 0 Å². The highest BCUT2D eigenvalue weighted by atomic mass is 32.2. The van der Waals surface area contributed by atoms with Crippen molar-refractivity contribution in [1.29, 1.82) is 0 Å². The summed E-state index contributed by atoms with van der Waals surface area (Å²) in [5.74, 6) is -0.496. The minimum atomic E-state index is -3.68. The van der Waals surface area contributed by atoms with Crippen LogP contribution in [0.4, 0.5) is 0 Å². The van der Waals surface area contributed by atoms with E-state index >= 15 is 0 Å². The first kappa shape index (κ1) is 18.9. The van der Waals surface area contributed by atoms with Gasteiger partial charge in [0.05, 0.1) is 29.7 Å². The second-order valence-corrected chi connectivity index (χ2v) is 7.78. The predicted octanol–water partition coefficient (Wildman–Crippen LogP) is 0.829. The quantitative estimate of drug-likeness (QED) is 0.703. The van der Waals surface area contributed by atoms with Crippen molar-refractivity contribution in [3.05, 3.63) is 29.3 Å². The molecule has 1 fully saturated rings. The van der Waals surface area contributed by atoms with Crippen LogP contribution in [-0.4, -0.2) is 53.8 Å². The van der Waals surface area contributed by atoms with Gasteiger partial charge in [-0.1, -0.05) is 0 Å². The van der Waals surface area contributed by atoms with Crippen LogP contribution < -0.4 is 10.0 Å². The van der Waals surface area contributed by atoms with Gasteiger partial charge < -0.3 is 14.8 Å². The van der Waals surface area contributed by atoms with Gasteiger partial charge in [-0.25, -0.2) is 17.9 Å². The van der Waals surface area contributed by atoms with Crippen LogP contribution in [-0.2, 0) is 19.5 Å². The van der Waals surface area contributed by atoms with Gasteiger partial charge in [0.15, 0.2) is 0 Å². The molecule has 24 heavy (non-hydrogen) atoms. The number of ether oxygens (including phenoxy) is 2. The Morgan fingerprint density at radius 1 is 1.38 bits per heavy atom. The first-order valence-corrected chi connectivity index (χ1v) is 9.24. The predicted molar refractivity (Wildman–Crippen MR) is 89.6 cm³/mol. The van der Waals surface area contributed by atoms with Crippen molar-refractivity contribution in [2.45, 2.75) is 30.2 Å². The van der Waals surface area contributed by atoms with Crippen molar-refractivity contribution in [3.63, 3.8) is 0 Å². The minimum absolute atomic E-state index is 0.153. The first-order chi connectivity index (χ1) is 11.3. The second-order valence-electron chi connectivity index (χ2n) is 6.04. The molecule has 1 saturated heterocycles. The van der Waals surface area contributed by atoms with Crippen LogP contribution in [0.1, 0.15) is 28.8 Å².